The maximum absolute atomic E-state index is 13.8. The first-order valence-corrected chi connectivity index (χ1v) is 8.03. The van der Waals surface area contributed by atoms with Crippen LogP contribution in [0, 0.1) is 11.6 Å². The molecule has 1 aliphatic heterocycles. The van der Waals surface area contributed by atoms with Crippen LogP contribution in [0.5, 0.6) is 0 Å². The Morgan fingerprint density at radius 2 is 2.10 bits per heavy atom. The van der Waals surface area contributed by atoms with Crippen molar-refractivity contribution >= 4 is 0 Å². The van der Waals surface area contributed by atoms with Crippen LogP contribution in [-0.4, -0.2) is 30.6 Å². The molecule has 1 fully saturated rings. The minimum atomic E-state index is -0.380. The number of hydrogen-bond donors (Lipinski definition) is 1. The highest BCUT2D eigenvalue weighted by molar-refractivity contribution is 5.21. The molecule has 2 unspecified atom stereocenters. The molecule has 0 saturated carbocycles. The van der Waals surface area contributed by atoms with Crippen molar-refractivity contribution in [1.29, 1.82) is 0 Å². The summed E-state index contributed by atoms with van der Waals surface area (Å²) in [4.78, 5) is 2.50. The molecular formula is C17H26F2N2. The van der Waals surface area contributed by atoms with Gasteiger partial charge in [-0.15, -0.1) is 0 Å². The second kappa shape index (κ2) is 7.85. The van der Waals surface area contributed by atoms with Crippen molar-refractivity contribution in [3.05, 3.63) is 35.4 Å². The summed E-state index contributed by atoms with van der Waals surface area (Å²) in [5, 5.41) is 3.47. The lowest BCUT2D eigenvalue weighted by Gasteiger charge is -2.23. The van der Waals surface area contributed by atoms with Gasteiger partial charge in [0.25, 0.3) is 0 Å². The maximum Gasteiger partial charge on any atom is 0.128 e. The summed E-state index contributed by atoms with van der Waals surface area (Å²) in [6, 6.07) is 3.89. The van der Waals surface area contributed by atoms with E-state index in [1.54, 1.807) is 0 Å². The van der Waals surface area contributed by atoms with Gasteiger partial charge in [0, 0.05) is 17.6 Å². The van der Waals surface area contributed by atoms with Crippen LogP contribution >= 0.6 is 0 Å². The van der Waals surface area contributed by atoms with Crippen LogP contribution in [0.15, 0.2) is 18.2 Å². The summed E-state index contributed by atoms with van der Waals surface area (Å²) in [6.07, 6.45) is 4.52. The van der Waals surface area contributed by atoms with Gasteiger partial charge in [-0.05, 0) is 70.4 Å². The van der Waals surface area contributed by atoms with Crippen molar-refractivity contribution in [3.8, 4) is 0 Å². The van der Waals surface area contributed by atoms with E-state index in [1.165, 1.54) is 24.6 Å². The van der Waals surface area contributed by atoms with Crippen molar-refractivity contribution in [2.45, 2.75) is 51.6 Å². The molecule has 4 heteroatoms. The molecule has 1 aromatic rings. The Labute approximate surface area is 126 Å². The Bertz CT molecular complexity index is 450. The van der Waals surface area contributed by atoms with E-state index < -0.39 is 0 Å². The van der Waals surface area contributed by atoms with Gasteiger partial charge >= 0.3 is 0 Å². The van der Waals surface area contributed by atoms with E-state index in [2.05, 4.69) is 17.1 Å². The van der Waals surface area contributed by atoms with Crippen molar-refractivity contribution in [3.63, 3.8) is 0 Å². The lowest BCUT2D eigenvalue weighted by Crippen LogP contribution is -2.33. The summed E-state index contributed by atoms with van der Waals surface area (Å²) in [5.74, 6) is -0.715. The van der Waals surface area contributed by atoms with Gasteiger partial charge in [-0.25, -0.2) is 8.78 Å². The van der Waals surface area contributed by atoms with Crippen LogP contribution in [0.4, 0.5) is 8.78 Å². The van der Waals surface area contributed by atoms with Gasteiger partial charge in [-0.2, -0.15) is 0 Å². The van der Waals surface area contributed by atoms with E-state index in [1.807, 2.05) is 6.92 Å². The summed E-state index contributed by atoms with van der Waals surface area (Å²) in [5.41, 5.74) is 0.421. The van der Waals surface area contributed by atoms with E-state index in [-0.39, 0.29) is 17.7 Å². The Balaban J connectivity index is 1.93. The van der Waals surface area contributed by atoms with Crippen LogP contribution in [0.2, 0.25) is 0 Å². The zero-order chi connectivity index (χ0) is 15.2. The van der Waals surface area contributed by atoms with Gasteiger partial charge in [0.05, 0.1) is 0 Å². The lowest BCUT2D eigenvalue weighted by atomic mass is 10.0. The normalized spacial score (nSPS) is 22.0. The number of nitrogens with zero attached hydrogens (tertiary/aromatic N) is 1. The zero-order valence-corrected chi connectivity index (χ0v) is 13.0. The van der Waals surface area contributed by atoms with Crippen LogP contribution in [0.1, 0.15) is 51.1 Å². The molecule has 0 spiro atoms. The summed E-state index contributed by atoms with van der Waals surface area (Å²) < 4.78 is 27.1. The Morgan fingerprint density at radius 3 is 2.86 bits per heavy atom. The van der Waals surface area contributed by atoms with Gasteiger partial charge < -0.3 is 10.2 Å². The molecular weight excluding hydrogens is 270 g/mol. The third-order valence-corrected chi connectivity index (χ3v) is 4.27. The molecule has 0 aromatic heterocycles. The van der Waals surface area contributed by atoms with Crippen LogP contribution in [0.3, 0.4) is 0 Å². The minimum Gasteiger partial charge on any atom is -0.307 e. The van der Waals surface area contributed by atoms with Crippen molar-refractivity contribution in [2.24, 2.45) is 0 Å². The molecule has 2 atom stereocenters. The monoisotopic (exact) mass is 296 g/mol. The first-order valence-electron chi connectivity index (χ1n) is 8.03. The fourth-order valence-electron chi connectivity index (χ4n) is 3.15. The summed E-state index contributed by atoms with van der Waals surface area (Å²) >= 11 is 0. The fraction of sp³-hybridized carbons (Fsp3) is 0.647. The molecule has 21 heavy (non-hydrogen) atoms. The molecule has 1 N–H and O–H groups in total. The molecule has 118 valence electrons. The number of halogens is 2. The van der Waals surface area contributed by atoms with Crippen molar-refractivity contribution in [2.75, 3.05) is 19.6 Å². The molecule has 1 aromatic carbocycles. The zero-order valence-electron chi connectivity index (χ0n) is 13.0. The van der Waals surface area contributed by atoms with Crippen LogP contribution < -0.4 is 5.32 Å². The first kappa shape index (κ1) is 16.4. The minimum absolute atomic E-state index is 0.163. The predicted octanol–water partition coefficient (Wildman–Crippen LogP) is 3.88. The van der Waals surface area contributed by atoms with Crippen molar-refractivity contribution < 1.29 is 8.78 Å². The molecule has 1 heterocycles. The molecule has 2 nitrogen and oxygen atoms in total. The third kappa shape index (κ3) is 4.75. The molecule has 0 aliphatic carbocycles. The second-order valence-electron chi connectivity index (χ2n) is 6.02. The quantitative estimate of drug-likeness (QED) is 0.887. The van der Waals surface area contributed by atoms with Gasteiger partial charge in [0.15, 0.2) is 0 Å². The largest absolute Gasteiger partial charge is 0.307 e. The van der Waals surface area contributed by atoms with Crippen molar-refractivity contribution in [1.82, 2.24) is 10.2 Å². The second-order valence-corrected chi connectivity index (χ2v) is 6.02. The van der Waals surface area contributed by atoms with Gasteiger partial charge in [-0.3, -0.25) is 0 Å². The Kier molecular flexibility index (Phi) is 6.12. The standard InChI is InChI=1S/C17H26F2N2/c1-3-9-21-10-4-5-15(8-11-21)20-13(2)16-12-14(18)6-7-17(16)19/h6-7,12-13,15,20H,3-5,8-11H2,1-2H3. The molecule has 0 amide bonds. The highest BCUT2D eigenvalue weighted by Gasteiger charge is 2.20. The van der Waals surface area contributed by atoms with E-state index in [0.717, 1.165) is 38.9 Å². The van der Waals surface area contributed by atoms with Crippen LogP contribution in [0.25, 0.3) is 0 Å². The number of nitrogens with one attached hydrogen (secondary N) is 1. The van der Waals surface area contributed by atoms with E-state index in [4.69, 9.17) is 0 Å². The number of hydrogen-bond acceptors (Lipinski definition) is 2. The SMILES string of the molecule is CCCN1CCCC(NC(C)c2cc(F)ccc2F)CC1. The Hall–Kier alpha value is -1.00. The van der Waals surface area contributed by atoms with E-state index in [9.17, 15) is 8.78 Å². The lowest BCUT2D eigenvalue weighted by molar-refractivity contribution is 0.281. The summed E-state index contributed by atoms with van der Waals surface area (Å²) in [6.45, 7) is 7.50. The molecule has 0 radical (unpaired) electrons. The van der Waals surface area contributed by atoms with Crippen LogP contribution in [-0.2, 0) is 0 Å². The average molecular weight is 296 g/mol. The first-order chi connectivity index (χ1) is 10.1. The topological polar surface area (TPSA) is 15.3 Å². The highest BCUT2D eigenvalue weighted by Crippen LogP contribution is 2.21. The predicted molar refractivity (Wildman–Crippen MR) is 82.3 cm³/mol. The van der Waals surface area contributed by atoms with E-state index in [0.29, 0.717) is 11.6 Å². The van der Waals surface area contributed by atoms with Gasteiger partial charge in [0.2, 0.25) is 0 Å². The number of rotatable bonds is 5. The average Bonchev–Trinajstić information content (AvgIpc) is 2.67. The summed E-state index contributed by atoms with van der Waals surface area (Å²) in [7, 11) is 0. The smallest absolute Gasteiger partial charge is 0.128 e. The molecule has 1 aliphatic rings. The fourth-order valence-corrected chi connectivity index (χ4v) is 3.15. The van der Waals surface area contributed by atoms with Gasteiger partial charge in [-0.1, -0.05) is 6.92 Å². The van der Waals surface area contributed by atoms with Gasteiger partial charge in [0.1, 0.15) is 11.6 Å². The number of benzene rings is 1. The molecule has 0 bridgehead atoms. The number of likely N-dealkylation sites (tertiary alicyclic amines) is 1. The maximum atomic E-state index is 13.8. The molecule has 1 saturated heterocycles. The molecule has 2 rings (SSSR count). The Morgan fingerprint density at radius 1 is 1.29 bits per heavy atom. The van der Waals surface area contributed by atoms with E-state index >= 15 is 0 Å². The third-order valence-electron chi connectivity index (χ3n) is 4.27. The highest BCUT2D eigenvalue weighted by atomic mass is 19.1.